The summed E-state index contributed by atoms with van der Waals surface area (Å²) in [6.07, 6.45) is 4.87. The van der Waals surface area contributed by atoms with Crippen LogP contribution in [0.25, 0.3) is 32.9 Å². The van der Waals surface area contributed by atoms with Gasteiger partial charge >= 0.3 is 6.01 Å². The summed E-state index contributed by atoms with van der Waals surface area (Å²) in [6.45, 7) is 14.1. The van der Waals surface area contributed by atoms with E-state index in [1.807, 2.05) is 13.8 Å². The van der Waals surface area contributed by atoms with E-state index in [1.165, 1.54) is 18.6 Å². The molecule has 5 heterocycles. The lowest BCUT2D eigenvalue weighted by atomic mass is 9.95. The Labute approximate surface area is 269 Å². The van der Waals surface area contributed by atoms with Gasteiger partial charge in [-0.25, -0.2) is 13.8 Å². The minimum absolute atomic E-state index is 0.0385. The highest BCUT2D eigenvalue weighted by molar-refractivity contribution is 6.02. The number of phenolic OH excluding ortho intramolecular Hbond substituents is 1. The number of aromatic hydroxyl groups is 1. The summed E-state index contributed by atoms with van der Waals surface area (Å²) in [5, 5.41) is 15.8. The number of hydrogen-bond acceptors (Lipinski definition) is 8. The van der Waals surface area contributed by atoms with Crippen molar-refractivity contribution < 1.29 is 18.6 Å². The second-order valence-electron chi connectivity index (χ2n) is 13.5. The SMILES string of the molecule is CC.Cc1c(F)ccc2cc(O)cc(-c3nc4c5c(nc(OCC6(CN7CCC(C)C7)CC6)nc5c3F)N3CCNCC3CC4)c12. The number of fused-ring (bicyclic) bond motifs is 3. The van der Waals surface area contributed by atoms with Crippen molar-refractivity contribution in [2.75, 3.05) is 50.8 Å². The molecular weight excluding hydrogens is 586 g/mol. The van der Waals surface area contributed by atoms with E-state index < -0.39 is 11.6 Å². The van der Waals surface area contributed by atoms with Crippen LogP contribution < -0.4 is 15.0 Å². The lowest BCUT2D eigenvalue weighted by Crippen LogP contribution is -2.51. The van der Waals surface area contributed by atoms with Gasteiger partial charge in [-0.2, -0.15) is 9.97 Å². The molecule has 2 aromatic heterocycles. The zero-order chi connectivity index (χ0) is 32.2. The summed E-state index contributed by atoms with van der Waals surface area (Å²) in [4.78, 5) is 19.3. The molecule has 8 nitrogen and oxygen atoms in total. The fraction of sp³-hybridized carbons (Fsp3) is 0.528. The van der Waals surface area contributed by atoms with Crippen LogP contribution in [0.15, 0.2) is 24.3 Å². The highest BCUT2D eigenvalue weighted by Crippen LogP contribution is 2.47. The Morgan fingerprint density at radius 3 is 2.65 bits per heavy atom. The van der Waals surface area contributed by atoms with Crippen LogP contribution in [0, 0.1) is 29.9 Å². The Morgan fingerprint density at radius 1 is 1.07 bits per heavy atom. The molecule has 0 bridgehead atoms. The van der Waals surface area contributed by atoms with Gasteiger partial charge in [-0.1, -0.05) is 26.8 Å². The largest absolute Gasteiger partial charge is 0.508 e. The molecule has 3 aliphatic heterocycles. The van der Waals surface area contributed by atoms with E-state index in [9.17, 15) is 9.50 Å². The minimum Gasteiger partial charge on any atom is -0.508 e. The molecular formula is C36H44F2N6O2. The first-order chi connectivity index (χ1) is 22.3. The molecule has 2 saturated heterocycles. The lowest BCUT2D eigenvalue weighted by Gasteiger charge is -2.36. The molecule has 2 unspecified atom stereocenters. The Kier molecular flexibility index (Phi) is 8.21. The number of pyridine rings is 1. The molecule has 1 aliphatic carbocycles. The maximum absolute atomic E-state index is 16.9. The van der Waals surface area contributed by atoms with Crippen molar-refractivity contribution in [3.05, 3.63) is 47.2 Å². The molecule has 46 heavy (non-hydrogen) atoms. The molecule has 0 radical (unpaired) electrons. The van der Waals surface area contributed by atoms with Gasteiger partial charge in [0, 0.05) is 49.7 Å². The van der Waals surface area contributed by atoms with Crippen molar-refractivity contribution in [3.63, 3.8) is 0 Å². The number of benzene rings is 2. The molecule has 3 fully saturated rings. The predicted octanol–water partition coefficient (Wildman–Crippen LogP) is 6.39. The van der Waals surface area contributed by atoms with Crippen molar-refractivity contribution in [2.45, 2.75) is 65.8 Å². The quantitative estimate of drug-likeness (QED) is 0.254. The molecule has 2 N–H and O–H groups in total. The molecule has 0 amide bonds. The van der Waals surface area contributed by atoms with E-state index in [0.29, 0.717) is 51.8 Å². The normalized spacial score (nSPS) is 21.9. The van der Waals surface area contributed by atoms with E-state index in [0.717, 1.165) is 64.4 Å². The summed E-state index contributed by atoms with van der Waals surface area (Å²) in [5.41, 5.74) is 1.73. The first-order valence-corrected chi connectivity index (χ1v) is 16.9. The molecule has 8 rings (SSSR count). The van der Waals surface area contributed by atoms with E-state index in [4.69, 9.17) is 19.7 Å². The highest BCUT2D eigenvalue weighted by atomic mass is 19.1. The zero-order valence-corrected chi connectivity index (χ0v) is 27.3. The monoisotopic (exact) mass is 630 g/mol. The molecule has 10 heteroatoms. The number of piperazine rings is 1. The van der Waals surface area contributed by atoms with Crippen LogP contribution in [-0.4, -0.2) is 76.9 Å². The molecule has 2 aromatic carbocycles. The second-order valence-corrected chi connectivity index (χ2v) is 13.5. The molecule has 2 atom stereocenters. The van der Waals surface area contributed by atoms with Gasteiger partial charge in [0.15, 0.2) is 5.82 Å². The number of anilines is 1. The number of aromatic nitrogens is 3. The average Bonchev–Trinajstić information content (AvgIpc) is 3.75. The topological polar surface area (TPSA) is 86.6 Å². The lowest BCUT2D eigenvalue weighted by molar-refractivity contribution is 0.168. The summed E-state index contributed by atoms with van der Waals surface area (Å²) in [6, 6.07) is 6.36. The predicted molar refractivity (Wildman–Crippen MR) is 178 cm³/mol. The first-order valence-electron chi connectivity index (χ1n) is 16.9. The van der Waals surface area contributed by atoms with Crippen molar-refractivity contribution in [2.24, 2.45) is 11.3 Å². The Morgan fingerprint density at radius 2 is 1.89 bits per heavy atom. The van der Waals surface area contributed by atoms with Crippen LogP contribution in [0.3, 0.4) is 0 Å². The van der Waals surface area contributed by atoms with Gasteiger partial charge in [0.1, 0.15) is 28.6 Å². The molecule has 0 spiro atoms. The summed E-state index contributed by atoms with van der Waals surface area (Å²) < 4.78 is 38.0. The number of phenols is 1. The number of halogens is 2. The third-order valence-electron chi connectivity index (χ3n) is 10.2. The smallest absolute Gasteiger partial charge is 0.319 e. The second kappa shape index (κ2) is 12.2. The first kappa shape index (κ1) is 31.0. The van der Waals surface area contributed by atoms with E-state index in [-0.39, 0.29) is 34.4 Å². The maximum atomic E-state index is 16.9. The number of aryl methyl sites for hydroxylation is 2. The van der Waals surface area contributed by atoms with E-state index in [2.05, 4.69) is 22.0 Å². The standard InChI is InChI=1S/C34H38F2N6O2.C2H6/c1-19-7-11-41(16-19)17-34(8-9-34)18-44-33-39-31-28-26(6-4-22-15-37-10-12-42(22)32(28)40-33)38-30(29(31)36)24-14-23(43)13-21-3-5-25(35)20(2)27(21)24;1-2/h3,5,13-14,19,22,37,43H,4,6-12,15-18H2,1-2H3;1-2H3. The van der Waals surface area contributed by atoms with Gasteiger partial charge in [-0.05, 0) is 86.0 Å². The fourth-order valence-electron chi connectivity index (χ4n) is 7.62. The summed E-state index contributed by atoms with van der Waals surface area (Å²) in [5.74, 6) is 0.342. The Hall–Kier alpha value is -3.63. The molecule has 4 aromatic rings. The number of hydrogen-bond donors (Lipinski definition) is 2. The van der Waals surface area contributed by atoms with Crippen LogP contribution in [0.1, 0.15) is 57.7 Å². The number of nitrogens with zero attached hydrogens (tertiary/aromatic N) is 5. The number of nitrogens with one attached hydrogen (secondary N) is 1. The van der Waals surface area contributed by atoms with Crippen LogP contribution in [0.4, 0.5) is 14.6 Å². The van der Waals surface area contributed by atoms with E-state index >= 15 is 4.39 Å². The van der Waals surface area contributed by atoms with Crippen molar-refractivity contribution >= 4 is 27.5 Å². The van der Waals surface area contributed by atoms with Crippen molar-refractivity contribution in [3.8, 4) is 23.0 Å². The number of rotatable bonds is 6. The van der Waals surface area contributed by atoms with Crippen LogP contribution in [-0.2, 0) is 6.42 Å². The molecule has 4 aliphatic rings. The maximum Gasteiger partial charge on any atom is 0.319 e. The molecule has 244 valence electrons. The number of ether oxygens (including phenoxy) is 1. The minimum atomic E-state index is -0.617. The Balaban J connectivity index is 0.00000166. The van der Waals surface area contributed by atoms with Gasteiger partial charge in [0.05, 0.1) is 17.7 Å². The van der Waals surface area contributed by atoms with E-state index in [1.54, 1.807) is 19.1 Å². The summed E-state index contributed by atoms with van der Waals surface area (Å²) >= 11 is 0. The Bertz CT molecular complexity index is 1790. The van der Waals surface area contributed by atoms with Gasteiger partial charge in [0.2, 0.25) is 0 Å². The third kappa shape index (κ3) is 5.53. The van der Waals surface area contributed by atoms with Crippen molar-refractivity contribution in [1.29, 1.82) is 0 Å². The average molecular weight is 631 g/mol. The zero-order valence-electron chi connectivity index (χ0n) is 27.3. The number of likely N-dealkylation sites (tertiary alicyclic amines) is 1. The fourth-order valence-corrected chi connectivity index (χ4v) is 7.62. The van der Waals surface area contributed by atoms with Gasteiger partial charge < -0.3 is 25.0 Å². The van der Waals surface area contributed by atoms with Crippen molar-refractivity contribution in [1.82, 2.24) is 25.2 Å². The van der Waals surface area contributed by atoms with Gasteiger partial charge in [-0.15, -0.1) is 0 Å². The molecule has 1 saturated carbocycles. The van der Waals surface area contributed by atoms with Crippen LogP contribution in [0.2, 0.25) is 0 Å². The highest BCUT2D eigenvalue weighted by Gasteiger charge is 2.46. The van der Waals surface area contributed by atoms with Crippen LogP contribution >= 0.6 is 0 Å². The van der Waals surface area contributed by atoms with Crippen LogP contribution in [0.5, 0.6) is 11.8 Å². The van der Waals surface area contributed by atoms with Gasteiger partial charge in [-0.3, -0.25) is 0 Å². The summed E-state index contributed by atoms with van der Waals surface area (Å²) in [7, 11) is 0. The van der Waals surface area contributed by atoms with Gasteiger partial charge in [0.25, 0.3) is 0 Å². The third-order valence-corrected chi connectivity index (χ3v) is 10.2.